The predicted octanol–water partition coefficient (Wildman–Crippen LogP) is 1.32. The summed E-state index contributed by atoms with van der Waals surface area (Å²) >= 11 is 0. The van der Waals surface area contributed by atoms with E-state index in [2.05, 4.69) is 28.0 Å². The fraction of sp³-hybridized carbons (Fsp3) is 0.429. The number of hydrazine groups is 1. The minimum atomic E-state index is -0.780. The standard InChI is InChI=1S/C21H25N3O4/c1-27-19(25)11-16(15-3-2-7-22-12-15)20-17(23-24-21(20)26)10-13-4-5-18-14(9-13)6-8-28-18/h2-5,7,9,12,16-17,20-21,23-24,26H,6,8,10-11H2,1H3. The van der Waals surface area contributed by atoms with Crippen LogP contribution in [0.1, 0.15) is 29.0 Å². The number of aromatic nitrogens is 1. The highest BCUT2D eigenvalue weighted by Crippen LogP contribution is 2.36. The Morgan fingerprint density at radius 1 is 1.39 bits per heavy atom. The normalized spacial score (nSPS) is 24.4. The predicted molar refractivity (Wildman–Crippen MR) is 103 cm³/mol. The molecule has 0 radical (unpaired) electrons. The van der Waals surface area contributed by atoms with Crippen molar-refractivity contribution in [2.24, 2.45) is 5.92 Å². The molecule has 4 atom stereocenters. The maximum Gasteiger partial charge on any atom is 0.306 e. The van der Waals surface area contributed by atoms with Gasteiger partial charge in [0, 0.05) is 36.7 Å². The molecule has 28 heavy (non-hydrogen) atoms. The van der Waals surface area contributed by atoms with Crippen molar-refractivity contribution >= 4 is 5.97 Å². The number of nitrogens with zero attached hydrogens (tertiary/aromatic N) is 1. The molecule has 0 spiro atoms. The van der Waals surface area contributed by atoms with Gasteiger partial charge in [-0.05, 0) is 35.2 Å². The quantitative estimate of drug-likeness (QED) is 0.648. The van der Waals surface area contributed by atoms with Gasteiger partial charge < -0.3 is 14.6 Å². The molecule has 7 nitrogen and oxygen atoms in total. The monoisotopic (exact) mass is 383 g/mol. The molecule has 0 saturated carbocycles. The van der Waals surface area contributed by atoms with E-state index in [-0.39, 0.29) is 30.3 Å². The number of aliphatic hydroxyl groups excluding tert-OH is 1. The van der Waals surface area contributed by atoms with Crippen molar-refractivity contribution in [2.45, 2.75) is 37.5 Å². The Morgan fingerprint density at radius 2 is 2.29 bits per heavy atom. The lowest BCUT2D eigenvalue weighted by atomic mass is 9.78. The molecule has 1 saturated heterocycles. The topological polar surface area (TPSA) is 92.7 Å². The lowest BCUT2D eigenvalue weighted by Crippen LogP contribution is -2.36. The number of nitrogens with one attached hydrogen (secondary N) is 2. The van der Waals surface area contributed by atoms with Crippen molar-refractivity contribution in [1.82, 2.24) is 15.8 Å². The van der Waals surface area contributed by atoms with Gasteiger partial charge in [-0.15, -0.1) is 0 Å². The summed E-state index contributed by atoms with van der Waals surface area (Å²) in [4.78, 5) is 16.3. The van der Waals surface area contributed by atoms with Gasteiger partial charge in [0.2, 0.25) is 0 Å². The number of carbonyl (C=O) groups is 1. The molecule has 3 N–H and O–H groups in total. The molecule has 0 bridgehead atoms. The van der Waals surface area contributed by atoms with Crippen molar-refractivity contribution in [3.8, 4) is 5.75 Å². The Labute approximate surface area is 164 Å². The molecular formula is C21H25N3O4. The van der Waals surface area contributed by atoms with Crippen LogP contribution in [0.4, 0.5) is 0 Å². The Hall–Kier alpha value is -2.48. The lowest BCUT2D eigenvalue weighted by molar-refractivity contribution is -0.141. The number of carbonyl (C=O) groups excluding carboxylic acids is 1. The Bertz CT molecular complexity index is 830. The van der Waals surface area contributed by atoms with E-state index in [0.717, 1.165) is 30.8 Å². The highest BCUT2D eigenvalue weighted by molar-refractivity contribution is 5.70. The molecule has 1 aromatic heterocycles. The Kier molecular flexibility index (Phi) is 5.57. The molecule has 2 aromatic rings. The van der Waals surface area contributed by atoms with E-state index in [0.29, 0.717) is 0 Å². The molecule has 2 aliphatic rings. The summed E-state index contributed by atoms with van der Waals surface area (Å²) in [5, 5.41) is 10.6. The van der Waals surface area contributed by atoms with Crippen LogP contribution in [0.5, 0.6) is 5.75 Å². The highest BCUT2D eigenvalue weighted by Gasteiger charge is 2.42. The second kappa shape index (κ2) is 8.26. The van der Waals surface area contributed by atoms with E-state index in [4.69, 9.17) is 9.47 Å². The molecule has 4 rings (SSSR count). The average Bonchev–Trinajstić information content (AvgIpc) is 3.33. The molecule has 4 unspecified atom stereocenters. The molecule has 148 valence electrons. The largest absolute Gasteiger partial charge is 0.493 e. The van der Waals surface area contributed by atoms with E-state index < -0.39 is 6.23 Å². The van der Waals surface area contributed by atoms with Gasteiger partial charge in [0.15, 0.2) is 0 Å². The van der Waals surface area contributed by atoms with E-state index in [1.807, 2.05) is 18.2 Å². The first-order valence-corrected chi connectivity index (χ1v) is 9.56. The smallest absolute Gasteiger partial charge is 0.306 e. The van der Waals surface area contributed by atoms with Crippen LogP contribution in [0.15, 0.2) is 42.7 Å². The third-order valence-corrected chi connectivity index (χ3v) is 5.65. The van der Waals surface area contributed by atoms with Crippen molar-refractivity contribution in [3.63, 3.8) is 0 Å². The molecule has 1 aromatic carbocycles. The number of ether oxygens (including phenoxy) is 2. The second-order valence-corrected chi connectivity index (χ2v) is 7.34. The van der Waals surface area contributed by atoms with E-state index in [9.17, 15) is 9.90 Å². The SMILES string of the molecule is COC(=O)CC(c1cccnc1)C1C(O)NNC1Cc1ccc2c(c1)CCO2. The highest BCUT2D eigenvalue weighted by atomic mass is 16.5. The number of pyridine rings is 1. The van der Waals surface area contributed by atoms with Crippen LogP contribution in [0.3, 0.4) is 0 Å². The summed E-state index contributed by atoms with van der Waals surface area (Å²) in [5.41, 5.74) is 9.46. The minimum absolute atomic E-state index is 0.0507. The number of esters is 1. The summed E-state index contributed by atoms with van der Waals surface area (Å²) in [6, 6.07) is 9.98. The van der Waals surface area contributed by atoms with Gasteiger partial charge in [-0.1, -0.05) is 18.2 Å². The van der Waals surface area contributed by atoms with E-state index in [1.54, 1.807) is 12.4 Å². The van der Waals surface area contributed by atoms with Gasteiger partial charge in [0.05, 0.1) is 20.1 Å². The fourth-order valence-corrected chi connectivity index (χ4v) is 4.25. The van der Waals surface area contributed by atoms with Gasteiger partial charge >= 0.3 is 5.97 Å². The van der Waals surface area contributed by atoms with Gasteiger partial charge in [-0.2, -0.15) is 0 Å². The molecule has 0 amide bonds. The van der Waals surface area contributed by atoms with Crippen LogP contribution in [-0.2, 0) is 22.4 Å². The molecule has 0 aliphatic carbocycles. The zero-order valence-electron chi connectivity index (χ0n) is 15.8. The number of fused-ring (bicyclic) bond motifs is 1. The van der Waals surface area contributed by atoms with E-state index in [1.165, 1.54) is 18.2 Å². The number of hydrogen-bond donors (Lipinski definition) is 3. The van der Waals surface area contributed by atoms with Crippen molar-refractivity contribution in [3.05, 3.63) is 59.4 Å². The summed E-state index contributed by atoms with van der Waals surface area (Å²) < 4.78 is 10.5. The van der Waals surface area contributed by atoms with Crippen molar-refractivity contribution in [1.29, 1.82) is 0 Å². The van der Waals surface area contributed by atoms with Gasteiger partial charge in [-0.3, -0.25) is 15.2 Å². The third-order valence-electron chi connectivity index (χ3n) is 5.65. The number of rotatable bonds is 6. The summed E-state index contributed by atoms with van der Waals surface area (Å²) in [6.07, 6.45) is 4.50. The minimum Gasteiger partial charge on any atom is -0.493 e. The zero-order valence-corrected chi connectivity index (χ0v) is 15.8. The molecule has 1 fully saturated rings. The Morgan fingerprint density at radius 3 is 3.07 bits per heavy atom. The second-order valence-electron chi connectivity index (χ2n) is 7.34. The number of methoxy groups -OCH3 is 1. The summed E-state index contributed by atoms with van der Waals surface area (Å²) in [5.74, 6) is 0.215. The van der Waals surface area contributed by atoms with Crippen LogP contribution >= 0.6 is 0 Å². The molecule has 2 aliphatic heterocycles. The van der Waals surface area contributed by atoms with E-state index >= 15 is 0 Å². The average molecular weight is 383 g/mol. The summed E-state index contributed by atoms with van der Waals surface area (Å²) in [7, 11) is 1.38. The first-order chi connectivity index (χ1) is 13.7. The first-order valence-electron chi connectivity index (χ1n) is 9.56. The molecule has 7 heteroatoms. The van der Waals surface area contributed by atoms with Crippen LogP contribution in [0.2, 0.25) is 0 Å². The first kappa shape index (κ1) is 18.9. The van der Waals surface area contributed by atoms with Gasteiger partial charge in [-0.25, -0.2) is 5.43 Å². The van der Waals surface area contributed by atoms with Crippen molar-refractivity contribution < 1.29 is 19.4 Å². The van der Waals surface area contributed by atoms with Gasteiger partial charge in [0.1, 0.15) is 12.0 Å². The molecular weight excluding hydrogens is 358 g/mol. The van der Waals surface area contributed by atoms with Gasteiger partial charge in [0.25, 0.3) is 0 Å². The van der Waals surface area contributed by atoms with Crippen molar-refractivity contribution in [2.75, 3.05) is 13.7 Å². The van der Waals surface area contributed by atoms with Crippen LogP contribution in [-0.4, -0.2) is 42.0 Å². The lowest BCUT2D eigenvalue weighted by Gasteiger charge is -2.29. The van der Waals surface area contributed by atoms with Crippen LogP contribution < -0.4 is 15.6 Å². The maximum absolute atomic E-state index is 12.1. The summed E-state index contributed by atoms with van der Waals surface area (Å²) in [6.45, 7) is 0.728. The zero-order chi connectivity index (χ0) is 19.5. The third kappa shape index (κ3) is 3.87. The Balaban J connectivity index is 1.59. The maximum atomic E-state index is 12.1. The number of benzene rings is 1. The number of hydrogen-bond acceptors (Lipinski definition) is 7. The number of aliphatic hydroxyl groups is 1. The molecule has 3 heterocycles. The van der Waals surface area contributed by atoms with Crippen LogP contribution in [0.25, 0.3) is 0 Å². The fourth-order valence-electron chi connectivity index (χ4n) is 4.25. The van der Waals surface area contributed by atoms with Crippen LogP contribution in [0, 0.1) is 5.92 Å².